The van der Waals surface area contributed by atoms with Gasteiger partial charge in [0.05, 0.1) is 37.6 Å². The lowest BCUT2D eigenvalue weighted by Gasteiger charge is -2.07. The molecule has 0 atom stereocenters. The highest BCUT2D eigenvalue weighted by Gasteiger charge is 2.11. The van der Waals surface area contributed by atoms with Crippen molar-refractivity contribution in [2.75, 3.05) is 26.4 Å². The molecule has 0 aliphatic carbocycles. The standard InChI is InChI=1S/C49H56O10/c1-3-5-7-10-34-54-42-24-14-38(15-25-42)18-32-46(50)58-44-28-20-40(21-29-44)48(52)56-36-12-9-13-37-57-49(53)41-22-30-45(31-23-41)59-47(51)33-19-39-16-26-43(27-17-39)55-35-11-8-6-4-2/h14-33H,3-13,34-37H2,1-2H3/b32-18+,33-19+. The van der Waals surface area contributed by atoms with Crippen LogP contribution < -0.4 is 18.9 Å². The molecule has 0 spiro atoms. The van der Waals surface area contributed by atoms with Crippen molar-refractivity contribution in [3.63, 3.8) is 0 Å². The van der Waals surface area contributed by atoms with Crippen LogP contribution in [-0.4, -0.2) is 50.3 Å². The van der Waals surface area contributed by atoms with Gasteiger partial charge in [0, 0.05) is 12.2 Å². The van der Waals surface area contributed by atoms with Crippen molar-refractivity contribution >= 4 is 36.0 Å². The lowest BCUT2D eigenvalue weighted by Crippen LogP contribution is -2.09. The zero-order valence-corrected chi connectivity index (χ0v) is 34.2. The second-order valence-electron chi connectivity index (χ2n) is 13.8. The third kappa shape index (κ3) is 18.3. The molecule has 4 aromatic carbocycles. The first kappa shape index (κ1) is 45.5. The van der Waals surface area contributed by atoms with Crippen LogP contribution in [0.2, 0.25) is 0 Å². The van der Waals surface area contributed by atoms with E-state index in [1.807, 2.05) is 48.5 Å². The van der Waals surface area contributed by atoms with Crippen LogP contribution in [0, 0.1) is 0 Å². The van der Waals surface area contributed by atoms with E-state index in [-0.39, 0.29) is 13.2 Å². The maximum atomic E-state index is 12.5. The molecule has 10 nitrogen and oxygen atoms in total. The molecule has 4 aromatic rings. The summed E-state index contributed by atoms with van der Waals surface area (Å²) in [6.45, 7) is 6.14. The Bertz CT molecular complexity index is 1770. The topological polar surface area (TPSA) is 124 Å². The third-order valence-electron chi connectivity index (χ3n) is 8.99. The van der Waals surface area contributed by atoms with E-state index in [0.29, 0.717) is 55.1 Å². The molecule has 0 N–H and O–H groups in total. The Kier molecular flexibility index (Phi) is 20.6. The van der Waals surface area contributed by atoms with Crippen LogP contribution in [0.3, 0.4) is 0 Å². The molecule has 0 saturated heterocycles. The molecule has 4 rings (SSSR count). The highest BCUT2D eigenvalue weighted by Crippen LogP contribution is 2.18. The Labute approximate surface area is 348 Å². The summed E-state index contributed by atoms with van der Waals surface area (Å²) in [5, 5.41) is 0. The molecule has 10 heteroatoms. The first-order chi connectivity index (χ1) is 28.8. The number of benzene rings is 4. The molecule has 0 amide bonds. The number of unbranched alkanes of at least 4 members (excludes halogenated alkanes) is 8. The lowest BCUT2D eigenvalue weighted by molar-refractivity contribution is -0.129. The molecule has 0 unspecified atom stereocenters. The second-order valence-corrected chi connectivity index (χ2v) is 13.8. The smallest absolute Gasteiger partial charge is 0.338 e. The van der Waals surface area contributed by atoms with E-state index in [4.69, 9.17) is 28.4 Å². The van der Waals surface area contributed by atoms with Crippen molar-refractivity contribution in [1.82, 2.24) is 0 Å². The predicted octanol–water partition coefficient (Wildman–Crippen LogP) is 11.0. The lowest BCUT2D eigenvalue weighted by atomic mass is 10.2. The van der Waals surface area contributed by atoms with Crippen molar-refractivity contribution in [2.45, 2.75) is 84.5 Å². The summed E-state index contributed by atoms with van der Waals surface area (Å²) in [6, 6.07) is 27.3. The monoisotopic (exact) mass is 804 g/mol. The van der Waals surface area contributed by atoms with Crippen LogP contribution >= 0.6 is 0 Å². The Morgan fingerprint density at radius 2 is 0.746 bits per heavy atom. The van der Waals surface area contributed by atoms with Crippen LogP contribution in [0.15, 0.2) is 109 Å². The first-order valence-corrected chi connectivity index (χ1v) is 20.6. The predicted molar refractivity (Wildman–Crippen MR) is 229 cm³/mol. The van der Waals surface area contributed by atoms with Gasteiger partial charge in [0.1, 0.15) is 23.0 Å². The van der Waals surface area contributed by atoms with E-state index >= 15 is 0 Å². The first-order valence-electron chi connectivity index (χ1n) is 20.6. The number of hydrogen-bond donors (Lipinski definition) is 0. The maximum absolute atomic E-state index is 12.5. The van der Waals surface area contributed by atoms with Crippen molar-refractivity contribution < 1.29 is 47.6 Å². The average molecular weight is 805 g/mol. The van der Waals surface area contributed by atoms with Crippen molar-refractivity contribution in [1.29, 1.82) is 0 Å². The molecule has 59 heavy (non-hydrogen) atoms. The number of rotatable bonds is 26. The fraction of sp³-hybridized carbons (Fsp3) is 0.347. The van der Waals surface area contributed by atoms with Gasteiger partial charge in [-0.3, -0.25) is 0 Å². The quantitative estimate of drug-likeness (QED) is 0.0262. The van der Waals surface area contributed by atoms with Gasteiger partial charge in [-0.15, -0.1) is 0 Å². The van der Waals surface area contributed by atoms with E-state index in [1.54, 1.807) is 12.2 Å². The van der Waals surface area contributed by atoms with Gasteiger partial charge in [-0.2, -0.15) is 0 Å². The number of ether oxygens (including phenoxy) is 6. The largest absolute Gasteiger partial charge is 0.494 e. The Morgan fingerprint density at radius 3 is 1.12 bits per heavy atom. The van der Waals surface area contributed by atoms with E-state index < -0.39 is 23.9 Å². The van der Waals surface area contributed by atoms with Crippen molar-refractivity contribution in [3.05, 3.63) is 131 Å². The van der Waals surface area contributed by atoms with Gasteiger partial charge in [0.2, 0.25) is 0 Å². The summed E-state index contributed by atoms with van der Waals surface area (Å²) in [7, 11) is 0. The number of carbonyl (C=O) groups excluding carboxylic acids is 4. The Hall–Kier alpha value is -6.16. The normalized spacial score (nSPS) is 11.0. The zero-order chi connectivity index (χ0) is 41.9. The van der Waals surface area contributed by atoms with E-state index in [0.717, 1.165) is 48.3 Å². The Morgan fingerprint density at radius 1 is 0.407 bits per heavy atom. The van der Waals surface area contributed by atoms with Crippen LogP contribution in [0.1, 0.15) is 116 Å². The van der Waals surface area contributed by atoms with E-state index in [2.05, 4.69) is 13.8 Å². The fourth-order valence-electron chi connectivity index (χ4n) is 5.61. The molecule has 0 heterocycles. The summed E-state index contributed by atoms with van der Waals surface area (Å²) in [5.74, 6) is 0.133. The molecular weight excluding hydrogens is 749 g/mol. The highest BCUT2D eigenvalue weighted by atomic mass is 16.5. The summed E-state index contributed by atoms with van der Waals surface area (Å²) >= 11 is 0. The van der Waals surface area contributed by atoms with Gasteiger partial charge in [-0.25, -0.2) is 19.2 Å². The summed E-state index contributed by atoms with van der Waals surface area (Å²) in [4.78, 5) is 49.6. The third-order valence-corrected chi connectivity index (χ3v) is 8.99. The molecule has 0 bridgehead atoms. The number of carbonyl (C=O) groups is 4. The van der Waals surface area contributed by atoms with Crippen LogP contribution in [0.4, 0.5) is 0 Å². The highest BCUT2D eigenvalue weighted by molar-refractivity contribution is 5.91. The van der Waals surface area contributed by atoms with E-state index in [9.17, 15) is 19.2 Å². The van der Waals surface area contributed by atoms with Crippen molar-refractivity contribution in [2.24, 2.45) is 0 Å². The number of hydrogen-bond acceptors (Lipinski definition) is 10. The summed E-state index contributed by atoms with van der Waals surface area (Å²) < 4.78 is 32.9. The summed E-state index contributed by atoms with van der Waals surface area (Å²) in [6.07, 6.45) is 17.1. The van der Waals surface area contributed by atoms with Crippen molar-refractivity contribution in [3.8, 4) is 23.0 Å². The average Bonchev–Trinajstić information content (AvgIpc) is 3.25. The second kappa shape index (κ2) is 26.7. The molecule has 0 aromatic heterocycles. The fourth-order valence-corrected chi connectivity index (χ4v) is 5.61. The van der Waals surface area contributed by atoms with Gasteiger partial charge >= 0.3 is 23.9 Å². The summed E-state index contributed by atoms with van der Waals surface area (Å²) in [5.41, 5.74) is 2.34. The van der Waals surface area contributed by atoms with Gasteiger partial charge in [-0.05, 0) is 128 Å². The van der Waals surface area contributed by atoms with Gasteiger partial charge < -0.3 is 28.4 Å². The Balaban J connectivity index is 1.05. The molecule has 312 valence electrons. The minimum Gasteiger partial charge on any atom is -0.494 e. The minimum atomic E-state index is -0.542. The van der Waals surface area contributed by atoms with E-state index in [1.165, 1.54) is 86.4 Å². The van der Waals surface area contributed by atoms with Gasteiger partial charge in [-0.1, -0.05) is 76.6 Å². The van der Waals surface area contributed by atoms with Gasteiger partial charge in [0.15, 0.2) is 0 Å². The molecule has 0 aliphatic heterocycles. The van der Waals surface area contributed by atoms with Crippen LogP contribution in [0.5, 0.6) is 23.0 Å². The number of esters is 4. The van der Waals surface area contributed by atoms with Crippen LogP contribution in [0.25, 0.3) is 12.2 Å². The molecule has 0 aliphatic rings. The molecule has 0 saturated carbocycles. The molecule has 0 fully saturated rings. The molecular formula is C49H56O10. The SMILES string of the molecule is CCCCCCOc1ccc(/C=C/C(=O)Oc2ccc(C(=O)OCCCCCOC(=O)c3ccc(OC(=O)/C=C/c4ccc(OCCCCCC)cc4)cc3)cc2)cc1. The maximum Gasteiger partial charge on any atom is 0.338 e. The zero-order valence-electron chi connectivity index (χ0n) is 34.2. The van der Waals surface area contributed by atoms with Crippen LogP contribution in [-0.2, 0) is 19.1 Å². The van der Waals surface area contributed by atoms with Gasteiger partial charge in [0.25, 0.3) is 0 Å². The molecule has 0 radical (unpaired) electrons. The minimum absolute atomic E-state index is 0.205.